The first-order valence-corrected chi connectivity index (χ1v) is 9.18. The van der Waals surface area contributed by atoms with Gasteiger partial charge in [-0.3, -0.25) is 9.59 Å². The van der Waals surface area contributed by atoms with Crippen molar-refractivity contribution in [3.63, 3.8) is 0 Å². The Kier molecular flexibility index (Phi) is 5.58. The van der Waals surface area contributed by atoms with Crippen LogP contribution in [0.2, 0.25) is 0 Å². The molecule has 0 saturated carbocycles. The molecule has 1 aromatic rings. The van der Waals surface area contributed by atoms with E-state index in [-0.39, 0.29) is 35.6 Å². The van der Waals surface area contributed by atoms with Gasteiger partial charge in [0, 0.05) is 31.5 Å². The van der Waals surface area contributed by atoms with Gasteiger partial charge in [-0.15, -0.1) is 0 Å². The summed E-state index contributed by atoms with van der Waals surface area (Å²) >= 11 is 0. The Bertz CT molecular complexity index is 681. The van der Waals surface area contributed by atoms with Gasteiger partial charge in [0.2, 0.25) is 11.8 Å². The third-order valence-corrected chi connectivity index (χ3v) is 5.40. The molecule has 0 aromatic heterocycles. The van der Waals surface area contributed by atoms with Gasteiger partial charge in [0.25, 0.3) is 0 Å². The summed E-state index contributed by atoms with van der Waals surface area (Å²) in [4.78, 5) is 26.2. The fourth-order valence-electron chi connectivity index (χ4n) is 4.00. The summed E-state index contributed by atoms with van der Waals surface area (Å²) in [5.41, 5.74) is 6.61. The third-order valence-electron chi connectivity index (χ3n) is 5.40. The van der Waals surface area contributed by atoms with E-state index in [2.05, 4.69) is 30.0 Å². The van der Waals surface area contributed by atoms with E-state index in [9.17, 15) is 14.0 Å². The summed E-state index contributed by atoms with van der Waals surface area (Å²) in [6.45, 7) is 6.87. The lowest BCUT2D eigenvalue weighted by Gasteiger charge is -2.21. The quantitative estimate of drug-likeness (QED) is 0.756. The monoisotopic (exact) mass is 362 g/mol. The highest BCUT2D eigenvalue weighted by molar-refractivity contribution is 5.83. The molecule has 0 aliphatic carbocycles. The largest absolute Gasteiger partial charge is 0.351 e. The van der Waals surface area contributed by atoms with Gasteiger partial charge in [-0.1, -0.05) is 32.0 Å². The Hall–Kier alpha value is -1.99. The summed E-state index contributed by atoms with van der Waals surface area (Å²) in [6, 6.07) is 5.96. The van der Waals surface area contributed by atoms with Gasteiger partial charge in [-0.05, 0) is 18.4 Å². The molecule has 0 spiro atoms. The Morgan fingerprint density at radius 2 is 1.96 bits per heavy atom. The zero-order chi connectivity index (χ0) is 18.8. The normalized spacial score (nSPS) is 28.6. The molecule has 2 amide bonds. The van der Waals surface area contributed by atoms with Crippen LogP contribution in [0.25, 0.3) is 0 Å². The number of amides is 2. The molecule has 2 saturated heterocycles. The molecule has 7 heteroatoms. The first-order valence-electron chi connectivity index (χ1n) is 9.18. The molecule has 0 radical (unpaired) electrons. The minimum absolute atomic E-state index is 0.00478. The van der Waals surface area contributed by atoms with Crippen LogP contribution >= 0.6 is 0 Å². The van der Waals surface area contributed by atoms with Crippen LogP contribution in [0.3, 0.4) is 0 Å². The molecular weight excluding hydrogens is 335 g/mol. The Morgan fingerprint density at radius 1 is 1.23 bits per heavy atom. The summed E-state index contributed by atoms with van der Waals surface area (Å²) in [5.74, 6) is 0.252. The van der Waals surface area contributed by atoms with Gasteiger partial charge in [-0.25, -0.2) is 15.2 Å². The van der Waals surface area contributed by atoms with Crippen molar-refractivity contribution in [3.8, 4) is 0 Å². The maximum Gasteiger partial charge on any atom is 0.241 e. The number of nitrogens with zero attached hydrogens (tertiary/aromatic N) is 1. The van der Waals surface area contributed by atoms with E-state index in [0.717, 1.165) is 0 Å². The number of halogens is 1. The van der Waals surface area contributed by atoms with E-state index in [1.807, 2.05) is 4.90 Å². The molecule has 4 atom stereocenters. The molecule has 3 rings (SSSR count). The van der Waals surface area contributed by atoms with Crippen LogP contribution in [0.1, 0.15) is 38.8 Å². The molecule has 2 fully saturated rings. The minimum atomic E-state index is -0.400. The van der Waals surface area contributed by atoms with Crippen LogP contribution in [-0.2, 0) is 9.59 Å². The van der Waals surface area contributed by atoms with Gasteiger partial charge in [0.1, 0.15) is 11.9 Å². The van der Waals surface area contributed by atoms with Gasteiger partial charge < -0.3 is 10.2 Å². The van der Waals surface area contributed by atoms with Crippen molar-refractivity contribution in [2.24, 2.45) is 11.8 Å². The van der Waals surface area contributed by atoms with E-state index in [1.165, 1.54) is 13.0 Å². The second kappa shape index (κ2) is 7.72. The van der Waals surface area contributed by atoms with E-state index in [4.69, 9.17) is 0 Å². The summed E-state index contributed by atoms with van der Waals surface area (Å²) in [5, 5.41) is 2.97. The van der Waals surface area contributed by atoms with Crippen molar-refractivity contribution in [2.75, 3.05) is 13.1 Å². The van der Waals surface area contributed by atoms with Crippen molar-refractivity contribution in [1.29, 1.82) is 0 Å². The van der Waals surface area contributed by atoms with Gasteiger partial charge in [0.15, 0.2) is 0 Å². The molecule has 1 aromatic carbocycles. The average molecular weight is 362 g/mol. The maximum atomic E-state index is 14.0. The van der Waals surface area contributed by atoms with Crippen LogP contribution in [0.15, 0.2) is 24.3 Å². The Morgan fingerprint density at radius 3 is 2.62 bits per heavy atom. The van der Waals surface area contributed by atoms with E-state index in [0.29, 0.717) is 31.0 Å². The number of nitrogens with one attached hydrogen (secondary N) is 3. The number of likely N-dealkylation sites (tertiary alicyclic amines) is 1. The number of rotatable bonds is 4. The third kappa shape index (κ3) is 3.88. The number of hydrogen-bond acceptors (Lipinski definition) is 4. The summed E-state index contributed by atoms with van der Waals surface area (Å²) in [7, 11) is 0. The van der Waals surface area contributed by atoms with E-state index in [1.54, 1.807) is 18.2 Å². The number of benzene rings is 1. The molecule has 3 N–H and O–H groups in total. The number of hydrazine groups is 1. The summed E-state index contributed by atoms with van der Waals surface area (Å²) < 4.78 is 14.0. The van der Waals surface area contributed by atoms with E-state index >= 15 is 0 Å². The second-order valence-corrected chi connectivity index (χ2v) is 7.61. The first kappa shape index (κ1) is 18.8. The Balaban J connectivity index is 1.65. The van der Waals surface area contributed by atoms with Gasteiger partial charge in [0.05, 0.1) is 12.1 Å². The summed E-state index contributed by atoms with van der Waals surface area (Å²) in [6.07, 6.45) is 0.493. The average Bonchev–Trinajstić information content (AvgIpc) is 3.21. The molecule has 2 aliphatic rings. The molecule has 142 valence electrons. The fourth-order valence-corrected chi connectivity index (χ4v) is 4.00. The van der Waals surface area contributed by atoms with Crippen molar-refractivity contribution in [1.82, 2.24) is 21.1 Å². The number of hydrogen-bond donors (Lipinski definition) is 3. The predicted molar refractivity (Wildman–Crippen MR) is 96.3 cm³/mol. The molecule has 2 heterocycles. The standard InChI is InChI=1S/C19H27FN4O2/c1-11(2)14-9-24(10-18(14)21-12(3)25)19(26)17-8-16(22-23-17)13-6-4-5-7-15(13)20/h4-7,11,14,16-18,22-23H,8-10H2,1-3H3,(H,21,25)/t14-,16?,17?,18+/m0/s1. The molecular formula is C19H27FN4O2. The van der Waals surface area contributed by atoms with Crippen LogP contribution in [-0.4, -0.2) is 41.9 Å². The van der Waals surface area contributed by atoms with Crippen LogP contribution in [0, 0.1) is 17.7 Å². The van der Waals surface area contributed by atoms with Crippen LogP contribution < -0.4 is 16.2 Å². The Labute approximate surface area is 153 Å². The van der Waals surface area contributed by atoms with Gasteiger partial charge >= 0.3 is 0 Å². The highest BCUT2D eigenvalue weighted by Gasteiger charge is 2.41. The minimum Gasteiger partial charge on any atom is -0.351 e. The van der Waals surface area contributed by atoms with Crippen molar-refractivity contribution >= 4 is 11.8 Å². The predicted octanol–water partition coefficient (Wildman–Crippen LogP) is 1.35. The SMILES string of the molecule is CC(=O)N[C@@H]1CN(C(=O)C2CC(c3ccccc3F)NN2)C[C@H]1C(C)C. The molecule has 6 nitrogen and oxygen atoms in total. The molecule has 2 aliphatic heterocycles. The smallest absolute Gasteiger partial charge is 0.241 e. The highest BCUT2D eigenvalue weighted by atomic mass is 19.1. The molecule has 2 unspecified atom stereocenters. The molecule has 0 bridgehead atoms. The molecule has 26 heavy (non-hydrogen) atoms. The number of carbonyl (C=O) groups is 2. The topological polar surface area (TPSA) is 73.5 Å². The first-order chi connectivity index (χ1) is 12.4. The van der Waals surface area contributed by atoms with Crippen molar-refractivity contribution in [2.45, 2.75) is 45.3 Å². The second-order valence-electron chi connectivity index (χ2n) is 7.61. The lowest BCUT2D eigenvalue weighted by molar-refractivity contribution is -0.132. The zero-order valence-electron chi connectivity index (χ0n) is 15.5. The van der Waals surface area contributed by atoms with Crippen molar-refractivity contribution < 1.29 is 14.0 Å². The lowest BCUT2D eigenvalue weighted by Crippen LogP contribution is -2.46. The van der Waals surface area contributed by atoms with Gasteiger partial charge in [-0.2, -0.15) is 0 Å². The zero-order valence-corrected chi connectivity index (χ0v) is 15.5. The lowest BCUT2D eigenvalue weighted by atomic mass is 9.91. The van der Waals surface area contributed by atoms with Crippen LogP contribution in [0.4, 0.5) is 4.39 Å². The fraction of sp³-hybridized carbons (Fsp3) is 0.579. The maximum absolute atomic E-state index is 14.0. The van der Waals surface area contributed by atoms with Crippen LogP contribution in [0.5, 0.6) is 0 Å². The highest BCUT2D eigenvalue weighted by Crippen LogP contribution is 2.28. The number of carbonyl (C=O) groups excluding carboxylic acids is 2. The van der Waals surface area contributed by atoms with Crippen molar-refractivity contribution in [3.05, 3.63) is 35.6 Å². The van der Waals surface area contributed by atoms with E-state index < -0.39 is 6.04 Å².